The van der Waals surface area contributed by atoms with Gasteiger partial charge in [-0.1, -0.05) is 18.6 Å². The lowest BCUT2D eigenvalue weighted by atomic mass is 9.94. The molecule has 1 aliphatic rings. The average molecular weight is 290 g/mol. The molecule has 0 spiro atoms. The highest BCUT2D eigenvalue weighted by Crippen LogP contribution is 2.15. The van der Waals surface area contributed by atoms with Gasteiger partial charge in [-0.25, -0.2) is 0 Å². The van der Waals surface area contributed by atoms with Gasteiger partial charge in [-0.3, -0.25) is 4.79 Å². The van der Waals surface area contributed by atoms with Crippen LogP contribution in [0.25, 0.3) is 0 Å². The Morgan fingerprint density at radius 3 is 2.38 bits per heavy atom. The molecule has 0 aromatic heterocycles. The van der Waals surface area contributed by atoms with Crippen molar-refractivity contribution in [1.82, 2.24) is 0 Å². The Hall–Kier alpha value is -1.88. The van der Waals surface area contributed by atoms with E-state index >= 15 is 0 Å². The molecule has 2 rings (SSSR count). The van der Waals surface area contributed by atoms with Gasteiger partial charge in [0.2, 0.25) is 0 Å². The van der Waals surface area contributed by atoms with Crippen molar-refractivity contribution in [3.05, 3.63) is 29.8 Å². The molecule has 5 heteroatoms. The van der Waals surface area contributed by atoms with Gasteiger partial charge >= 0.3 is 0 Å². The quantitative estimate of drug-likeness (QED) is 0.791. The lowest BCUT2D eigenvalue weighted by molar-refractivity contribution is -0.899. The Bertz CT molecular complexity index is 493. The molecular formula is C16H22N2O3. The zero-order valence-corrected chi connectivity index (χ0v) is 12.4. The van der Waals surface area contributed by atoms with Crippen LogP contribution in [0.2, 0.25) is 0 Å². The van der Waals surface area contributed by atoms with Crippen molar-refractivity contribution in [3.8, 4) is 0 Å². The van der Waals surface area contributed by atoms with Crippen LogP contribution in [0.15, 0.2) is 24.3 Å². The van der Waals surface area contributed by atoms with Crippen LogP contribution in [0.4, 0.5) is 5.69 Å². The van der Waals surface area contributed by atoms with Crippen molar-refractivity contribution < 1.29 is 19.6 Å². The predicted octanol–water partition coefficient (Wildman–Crippen LogP) is -0.164. The van der Waals surface area contributed by atoms with Gasteiger partial charge in [0.1, 0.15) is 0 Å². The van der Waals surface area contributed by atoms with Crippen LogP contribution in [0.3, 0.4) is 0 Å². The standard InChI is InChI=1S/C16H22N2O3/c1-18(14-5-3-2-4-6-14)11-15(19)17-13-9-7-12(8-10-13)16(20)21/h7-10,14H,2-6,11H2,1H3,(H,17,19)(H,20,21). The SMILES string of the molecule is C[NH+](CC(=O)Nc1ccc(C(=O)[O-])cc1)C1CCCCC1. The minimum atomic E-state index is -1.21. The first kappa shape index (κ1) is 15.5. The van der Waals surface area contributed by atoms with E-state index < -0.39 is 5.97 Å². The predicted molar refractivity (Wildman–Crippen MR) is 78.0 cm³/mol. The molecule has 1 unspecified atom stereocenters. The Labute approximate surface area is 125 Å². The van der Waals surface area contributed by atoms with Crippen molar-refractivity contribution in [1.29, 1.82) is 0 Å². The van der Waals surface area contributed by atoms with Crippen LogP contribution in [0, 0.1) is 0 Å². The van der Waals surface area contributed by atoms with E-state index in [1.54, 1.807) is 12.1 Å². The molecule has 5 nitrogen and oxygen atoms in total. The van der Waals surface area contributed by atoms with Gasteiger partial charge in [-0.15, -0.1) is 0 Å². The fourth-order valence-corrected chi connectivity index (χ4v) is 2.89. The topological polar surface area (TPSA) is 73.7 Å². The van der Waals surface area contributed by atoms with Crippen LogP contribution in [-0.4, -0.2) is 31.5 Å². The molecule has 1 amide bonds. The summed E-state index contributed by atoms with van der Waals surface area (Å²) in [5, 5.41) is 13.5. The number of amides is 1. The van der Waals surface area contributed by atoms with E-state index in [4.69, 9.17) is 0 Å². The summed E-state index contributed by atoms with van der Waals surface area (Å²) in [5.74, 6) is -1.26. The molecule has 1 saturated carbocycles. The highest BCUT2D eigenvalue weighted by Gasteiger charge is 2.23. The van der Waals surface area contributed by atoms with Crippen LogP contribution >= 0.6 is 0 Å². The number of quaternary nitrogens is 1. The van der Waals surface area contributed by atoms with Crippen molar-refractivity contribution in [2.75, 3.05) is 18.9 Å². The number of anilines is 1. The molecule has 0 saturated heterocycles. The third-order valence-electron chi connectivity index (χ3n) is 4.15. The molecule has 114 valence electrons. The molecule has 0 heterocycles. The number of rotatable bonds is 5. The van der Waals surface area contributed by atoms with Gasteiger partial charge < -0.3 is 20.1 Å². The Morgan fingerprint density at radius 1 is 1.19 bits per heavy atom. The van der Waals surface area contributed by atoms with E-state index in [1.165, 1.54) is 49.1 Å². The van der Waals surface area contributed by atoms with Gasteiger partial charge in [0, 0.05) is 5.69 Å². The maximum Gasteiger partial charge on any atom is 0.279 e. The molecule has 0 aliphatic heterocycles. The molecule has 21 heavy (non-hydrogen) atoms. The summed E-state index contributed by atoms with van der Waals surface area (Å²) in [4.78, 5) is 23.9. The minimum Gasteiger partial charge on any atom is -0.545 e. The highest BCUT2D eigenvalue weighted by atomic mass is 16.4. The van der Waals surface area contributed by atoms with Crippen LogP contribution in [0.1, 0.15) is 42.5 Å². The molecule has 0 radical (unpaired) electrons. The molecule has 2 N–H and O–H groups in total. The summed E-state index contributed by atoms with van der Waals surface area (Å²) >= 11 is 0. The zero-order chi connectivity index (χ0) is 15.2. The van der Waals surface area contributed by atoms with Gasteiger partial charge in [0.25, 0.3) is 5.91 Å². The van der Waals surface area contributed by atoms with Gasteiger partial charge in [0.15, 0.2) is 6.54 Å². The smallest absolute Gasteiger partial charge is 0.279 e. The molecule has 0 bridgehead atoms. The summed E-state index contributed by atoms with van der Waals surface area (Å²) < 4.78 is 0. The average Bonchev–Trinajstić information content (AvgIpc) is 2.48. The van der Waals surface area contributed by atoms with Gasteiger partial charge in [0.05, 0.1) is 19.1 Å². The third kappa shape index (κ3) is 4.56. The second-order valence-electron chi connectivity index (χ2n) is 5.77. The number of hydrogen-bond donors (Lipinski definition) is 2. The molecule has 1 aromatic carbocycles. The number of benzene rings is 1. The monoisotopic (exact) mass is 290 g/mol. The Balaban J connectivity index is 1.84. The first-order valence-corrected chi connectivity index (χ1v) is 7.50. The second-order valence-corrected chi connectivity index (χ2v) is 5.77. The maximum atomic E-state index is 12.0. The number of likely N-dealkylation sites (N-methyl/N-ethyl adjacent to an activating group) is 1. The fourth-order valence-electron chi connectivity index (χ4n) is 2.89. The molecule has 1 aliphatic carbocycles. The number of aromatic carboxylic acids is 1. The molecular weight excluding hydrogens is 268 g/mol. The largest absolute Gasteiger partial charge is 0.545 e. The normalized spacial score (nSPS) is 17.2. The molecule has 1 fully saturated rings. The lowest BCUT2D eigenvalue weighted by Gasteiger charge is -2.27. The molecule has 1 aromatic rings. The number of carboxylic acid groups (broad SMARTS) is 1. The van der Waals surface area contributed by atoms with E-state index in [-0.39, 0.29) is 11.5 Å². The number of hydrogen-bond acceptors (Lipinski definition) is 3. The summed E-state index contributed by atoms with van der Waals surface area (Å²) in [5.41, 5.74) is 0.722. The van der Waals surface area contributed by atoms with Crippen LogP contribution < -0.4 is 15.3 Å². The first-order valence-electron chi connectivity index (χ1n) is 7.50. The third-order valence-corrected chi connectivity index (χ3v) is 4.15. The number of nitrogens with one attached hydrogen (secondary N) is 2. The summed E-state index contributed by atoms with van der Waals surface area (Å²) in [6.45, 7) is 0.437. The van der Waals surface area contributed by atoms with Crippen molar-refractivity contribution >= 4 is 17.6 Å². The summed E-state index contributed by atoms with van der Waals surface area (Å²) in [6, 6.07) is 6.61. The maximum absolute atomic E-state index is 12.0. The number of carbonyl (C=O) groups is 2. The number of carbonyl (C=O) groups excluding carboxylic acids is 2. The van der Waals surface area contributed by atoms with E-state index in [9.17, 15) is 14.7 Å². The second kappa shape index (κ2) is 7.22. The number of carboxylic acids is 1. The summed E-state index contributed by atoms with van der Waals surface area (Å²) in [6.07, 6.45) is 6.21. The van der Waals surface area contributed by atoms with Gasteiger partial charge in [-0.05, 0) is 43.4 Å². The Kier molecular flexibility index (Phi) is 5.33. The van der Waals surface area contributed by atoms with Crippen molar-refractivity contribution in [3.63, 3.8) is 0 Å². The van der Waals surface area contributed by atoms with Crippen molar-refractivity contribution in [2.24, 2.45) is 0 Å². The summed E-state index contributed by atoms with van der Waals surface area (Å²) in [7, 11) is 2.06. The van der Waals surface area contributed by atoms with E-state index in [1.807, 2.05) is 0 Å². The van der Waals surface area contributed by atoms with E-state index in [2.05, 4.69) is 12.4 Å². The van der Waals surface area contributed by atoms with Crippen LogP contribution in [-0.2, 0) is 4.79 Å². The fraction of sp³-hybridized carbons (Fsp3) is 0.500. The highest BCUT2D eigenvalue weighted by molar-refractivity contribution is 5.92. The lowest BCUT2D eigenvalue weighted by Crippen LogP contribution is -3.14. The zero-order valence-electron chi connectivity index (χ0n) is 12.4. The van der Waals surface area contributed by atoms with Gasteiger partial charge in [-0.2, -0.15) is 0 Å². The minimum absolute atomic E-state index is 0.0423. The van der Waals surface area contributed by atoms with E-state index in [0.29, 0.717) is 18.3 Å². The van der Waals surface area contributed by atoms with Crippen LogP contribution in [0.5, 0.6) is 0 Å². The first-order chi connectivity index (χ1) is 10.1. The Morgan fingerprint density at radius 2 is 1.81 bits per heavy atom. The van der Waals surface area contributed by atoms with E-state index in [0.717, 1.165) is 0 Å². The molecule has 1 atom stereocenters. The van der Waals surface area contributed by atoms with Crippen molar-refractivity contribution in [2.45, 2.75) is 38.1 Å².